The third-order valence-corrected chi connectivity index (χ3v) is 4.43. The summed E-state index contributed by atoms with van der Waals surface area (Å²) in [5, 5.41) is 12.0. The van der Waals surface area contributed by atoms with Gasteiger partial charge in [0, 0.05) is 0 Å². The van der Waals surface area contributed by atoms with Gasteiger partial charge in [-0.25, -0.2) is 4.39 Å². The Kier molecular flexibility index (Phi) is 4.85. The topological polar surface area (TPSA) is 51.0 Å². The minimum Gasteiger partial charge on any atom is -0.418 e. The van der Waals surface area contributed by atoms with Crippen LogP contribution >= 0.6 is 11.6 Å². The van der Waals surface area contributed by atoms with Crippen molar-refractivity contribution in [1.82, 2.24) is 10.2 Å². The SMILES string of the molecule is Fc1ccccc1NC(c1ccccc1)c1nnc(-c2ccccc2Cl)o1. The molecule has 27 heavy (non-hydrogen) atoms. The minimum absolute atomic E-state index is 0.312. The molecule has 0 aliphatic rings. The van der Waals surface area contributed by atoms with E-state index >= 15 is 0 Å². The molecule has 0 radical (unpaired) electrons. The van der Waals surface area contributed by atoms with Crippen LogP contribution in [0.3, 0.4) is 0 Å². The van der Waals surface area contributed by atoms with Crippen LogP contribution in [0.25, 0.3) is 11.5 Å². The molecule has 4 nitrogen and oxygen atoms in total. The van der Waals surface area contributed by atoms with Gasteiger partial charge in [-0.3, -0.25) is 0 Å². The number of benzene rings is 3. The number of rotatable bonds is 5. The van der Waals surface area contributed by atoms with Crippen LogP contribution in [0.2, 0.25) is 5.02 Å². The lowest BCUT2D eigenvalue weighted by molar-refractivity contribution is 0.493. The first-order chi connectivity index (χ1) is 13.2. The smallest absolute Gasteiger partial charge is 0.249 e. The number of hydrogen-bond donors (Lipinski definition) is 1. The molecule has 4 rings (SSSR count). The van der Waals surface area contributed by atoms with Crippen LogP contribution in [-0.4, -0.2) is 10.2 Å². The van der Waals surface area contributed by atoms with Gasteiger partial charge in [0.15, 0.2) is 0 Å². The number of para-hydroxylation sites is 1. The van der Waals surface area contributed by atoms with Crippen LogP contribution in [0.1, 0.15) is 17.5 Å². The molecule has 1 aromatic heterocycles. The Morgan fingerprint density at radius 3 is 2.33 bits per heavy atom. The zero-order chi connectivity index (χ0) is 18.6. The standard InChI is InChI=1S/C21H15ClFN3O/c22-16-11-5-4-10-15(16)20-25-26-21(27-20)19(14-8-2-1-3-9-14)24-18-13-7-6-12-17(18)23/h1-13,19,24H. The molecule has 0 amide bonds. The van der Waals surface area contributed by atoms with Crippen molar-refractivity contribution >= 4 is 17.3 Å². The van der Waals surface area contributed by atoms with E-state index in [1.807, 2.05) is 42.5 Å². The van der Waals surface area contributed by atoms with E-state index in [9.17, 15) is 4.39 Å². The van der Waals surface area contributed by atoms with Crippen molar-refractivity contribution < 1.29 is 8.81 Å². The van der Waals surface area contributed by atoms with Crippen molar-refractivity contribution in [3.8, 4) is 11.5 Å². The first-order valence-corrected chi connectivity index (χ1v) is 8.74. The van der Waals surface area contributed by atoms with Crippen LogP contribution in [-0.2, 0) is 0 Å². The number of aromatic nitrogens is 2. The highest BCUT2D eigenvalue weighted by atomic mass is 35.5. The van der Waals surface area contributed by atoms with E-state index in [1.165, 1.54) is 6.07 Å². The van der Waals surface area contributed by atoms with E-state index in [0.29, 0.717) is 28.1 Å². The van der Waals surface area contributed by atoms with E-state index < -0.39 is 6.04 Å². The molecule has 0 aliphatic carbocycles. The first-order valence-electron chi connectivity index (χ1n) is 8.36. The highest BCUT2D eigenvalue weighted by Gasteiger charge is 2.23. The number of nitrogens with zero attached hydrogens (tertiary/aromatic N) is 2. The fourth-order valence-electron chi connectivity index (χ4n) is 2.76. The van der Waals surface area contributed by atoms with Crippen molar-refractivity contribution in [2.45, 2.75) is 6.04 Å². The van der Waals surface area contributed by atoms with Crippen LogP contribution in [0.4, 0.5) is 10.1 Å². The maximum absolute atomic E-state index is 14.2. The molecule has 134 valence electrons. The lowest BCUT2D eigenvalue weighted by Gasteiger charge is -2.17. The van der Waals surface area contributed by atoms with Gasteiger partial charge >= 0.3 is 0 Å². The van der Waals surface area contributed by atoms with Gasteiger partial charge in [-0.2, -0.15) is 0 Å². The quantitative estimate of drug-likeness (QED) is 0.481. The second kappa shape index (κ2) is 7.60. The second-order valence-corrected chi connectivity index (χ2v) is 6.30. The molecule has 1 atom stereocenters. The van der Waals surface area contributed by atoms with Crippen molar-refractivity contribution in [1.29, 1.82) is 0 Å². The molecule has 0 saturated carbocycles. The highest BCUT2D eigenvalue weighted by molar-refractivity contribution is 6.33. The monoisotopic (exact) mass is 379 g/mol. The summed E-state index contributed by atoms with van der Waals surface area (Å²) >= 11 is 6.22. The molecule has 0 spiro atoms. The number of nitrogens with one attached hydrogen (secondary N) is 1. The second-order valence-electron chi connectivity index (χ2n) is 5.89. The van der Waals surface area contributed by atoms with E-state index in [4.69, 9.17) is 16.0 Å². The zero-order valence-corrected chi connectivity index (χ0v) is 14.9. The molecule has 0 fully saturated rings. The Bertz CT molecular complexity index is 1050. The average Bonchev–Trinajstić information content (AvgIpc) is 3.18. The van der Waals surface area contributed by atoms with Gasteiger partial charge < -0.3 is 9.73 Å². The van der Waals surface area contributed by atoms with Gasteiger partial charge in [0.1, 0.15) is 11.9 Å². The Balaban J connectivity index is 1.74. The predicted octanol–water partition coefficient (Wildman–Crippen LogP) is 5.73. The van der Waals surface area contributed by atoms with Gasteiger partial charge in [0.25, 0.3) is 0 Å². The minimum atomic E-state index is -0.508. The average molecular weight is 380 g/mol. The molecule has 1 heterocycles. The van der Waals surface area contributed by atoms with Crippen LogP contribution in [0.5, 0.6) is 0 Å². The molecular weight excluding hydrogens is 365 g/mol. The molecule has 3 aromatic carbocycles. The summed E-state index contributed by atoms with van der Waals surface area (Å²) < 4.78 is 20.0. The van der Waals surface area contributed by atoms with E-state index in [0.717, 1.165) is 5.56 Å². The maximum Gasteiger partial charge on any atom is 0.249 e. The number of halogens is 2. The Morgan fingerprint density at radius 2 is 1.56 bits per heavy atom. The van der Waals surface area contributed by atoms with E-state index in [1.54, 1.807) is 30.3 Å². The summed E-state index contributed by atoms with van der Waals surface area (Å²) in [5.74, 6) is 0.274. The molecule has 6 heteroatoms. The summed E-state index contributed by atoms with van der Waals surface area (Å²) in [6, 6.07) is 22.7. The van der Waals surface area contributed by atoms with Gasteiger partial charge in [0.05, 0.1) is 16.3 Å². The lowest BCUT2D eigenvalue weighted by Crippen LogP contribution is -2.13. The van der Waals surface area contributed by atoms with Gasteiger partial charge in [-0.05, 0) is 29.8 Å². The summed E-state index contributed by atoms with van der Waals surface area (Å²) in [4.78, 5) is 0. The highest BCUT2D eigenvalue weighted by Crippen LogP contribution is 2.31. The van der Waals surface area contributed by atoms with Crippen molar-refractivity contribution in [2.75, 3.05) is 5.32 Å². The van der Waals surface area contributed by atoms with Crippen molar-refractivity contribution in [2.24, 2.45) is 0 Å². The van der Waals surface area contributed by atoms with Gasteiger partial charge in [-0.15, -0.1) is 10.2 Å². The summed E-state index contributed by atoms with van der Waals surface area (Å²) in [5.41, 5.74) is 1.87. The lowest BCUT2D eigenvalue weighted by atomic mass is 10.1. The van der Waals surface area contributed by atoms with Gasteiger partial charge in [-0.1, -0.05) is 66.2 Å². The molecule has 0 aliphatic heterocycles. The van der Waals surface area contributed by atoms with Crippen molar-refractivity contribution in [3.63, 3.8) is 0 Å². The fraction of sp³-hybridized carbons (Fsp3) is 0.0476. The fourth-order valence-corrected chi connectivity index (χ4v) is 2.98. The Hall–Kier alpha value is -3.18. The largest absolute Gasteiger partial charge is 0.418 e. The molecule has 1 unspecified atom stereocenters. The van der Waals surface area contributed by atoms with Crippen LogP contribution < -0.4 is 5.32 Å². The molecular formula is C21H15ClFN3O. The third-order valence-electron chi connectivity index (χ3n) is 4.10. The molecule has 0 saturated heterocycles. The third kappa shape index (κ3) is 3.68. The molecule has 0 bridgehead atoms. The number of hydrogen-bond acceptors (Lipinski definition) is 4. The van der Waals surface area contributed by atoms with E-state index in [-0.39, 0.29) is 5.82 Å². The van der Waals surface area contributed by atoms with Crippen LogP contribution in [0, 0.1) is 5.82 Å². The summed E-state index contributed by atoms with van der Waals surface area (Å²) in [6.45, 7) is 0. The summed E-state index contributed by atoms with van der Waals surface area (Å²) in [6.07, 6.45) is 0. The maximum atomic E-state index is 14.2. The first kappa shape index (κ1) is 17.2. The molecule has 4 aromatic rings. The van der Waals surface area contributed by atoms with E-state index in [2.05, 4.69) is 15.5 Å². The Labute approximate surface area is 160 Å². The predicted molar refractivity (Wildman–Crippen MR) is 103 cm³/mol. The normalized spacial score (nSPS) is 11.9. The zero-order valence-electron chi connectivity index (χ0n) is 14.1. The summed E-state index contributed by atoms with van der Waals surface area (Å²) in [7, 11) is 0. The molecule has 1 N–H and O–H groups in total. The Morgan fingerprint density at radius 1 is 0.852 bits per heavy atom. The number of anilines is 1. The van der Waals surface area contributed by atoms with Crippen LogP contribution in [0.15, 0.2) is 83.3 Å². The van der Waals surface area contributed by atoms with Crippen molar-refractivity contribution in [3.05, 3.63) is 101 Å². The van der Waals surface area contributed by atoms with Gasteiger partial charge in [0.2, 0.25) is 11.8 Å².